The van der Waals surface area contributed by atoms with E-state index in [1.54, 1.807) is 44.2 Å². The summed E-state index contributed by atoms with van der Waals surface area (Å²) in [5.74, 6) is 1.29. The van der Waals surface area contributed by atoms with Gasteiger partial charge in [-0.3, -0.25) is 0 Å². The second-order valence-corrected chi connectivity index (χ2v) is 7.26. The Bertz CT molecular complexity index is 920. The molecule has 1 heterocycles. The van der Waals surface area contributed by atoms with E-state index in [1.807, 2.05) is 13.0 Å². The molecule has 2 aromatic rings. The van der Waals surface area contributed by atoms with Crippen molar-refractivity contribution in [2.75, 3.05) is 6.79 Å². The maximum atomic E-state index is 12.4. The summed E-state index contributed by atoms with van der Waals surface area (Å²) in [6, 6.07) is 10.5. The van der Waals surface area contributed by atoms with Gasteiger partial charge in [0.05, 0.1) is 10.6 Å². The molecular weight excluding hydrogens is 328 g/mol. The minimum absolute atomic E-state index is 0.189. The summed E-state index contributed by atoms with van der Waals surface area (Å²) in [5.41, 5.74) is 2.97. The third-order valence-electron chi connectivity index (χ3n) is 3.74. The molecule has 0 saturated heterocycles. The molecule has 0 saturated carbocycles. The second-order valence-electron chi connectivity index (χ2n) is 5.63. The van der Waals surface area contributed by atoms with Crippen molar-refractivity contribution in [1.82, 2.24) is 4.83 Å². The molecule has 2 aromatic carbocycles. The average Bonchev–Trinajstić information content (AvgIpc) is 2.99. The van der Waals surface area contributed by atoms with Gasteiger partial charge in [-0.05, 0) is 50.6 Å². The summed E-state index contributed by atoms with van der Waals surface area (Å²) in [6.07, 6.45) is 0. The standard InChI is InChI=1S/C17H18N2O4S/c1-11-4-7-17(12(2)8-11)24(20,21)19-18-13(3)14-5-6-15-16(9-14)23-10-22-15/h4-9,19H,10H2,1-3H3/b18-13+. The van der Waals surface area contributed by atoms with Crippen LogP contribution >= 0.6 is 0 Å². The minimum Gasteiger partial charge on any atom is -0.454 e. The first-order chi connectivity index (χ1) is 11.4. The fourth-order valence-corrected chi connectivity index (χ4v) is 3.55. The predicted octanol–water partition coefficient (Wildman–Crippen LogP) is 2.73. The zero-order chi connectivity index (χ0) is 17.3. The Hall–Kier alpha value is -2.54. The summed E-state index contributed by atoms with van der Waals surface area (Å²) < 4.78 is 35.4. The summed E-state index contributed by atoms with van der Waals surface area (Å²) in [5, 5.41) is 4.01. The number of nitrogens with zero attached hydrogens (tertiary/aromatic N) is 1. The SMILES string of the molecule is C/C(=N\NS(=O)(=O)c1ccc(C)cc1C)c1ccc2c(c1)OCO2. The van der Waals surface area contributed by atoms with Gasteiger partial charge in [-0.1, -0.05) is 17.7 Å². The summed E-state index contributed by atoms with van der Waals surface area (Å²) >= 11 is 0. The number of sulfonamides is 1. The topological polar surface area (TPSA) is 77.0 Å². The molecule has 0 spiro atoms. The van der Waals surface area contributed by atoms with E-state index in [0.717, 1.165) is 11.1 Å². The Morgan fingerprint density at radius 2 is 1.83 bits per heavy atom. The number of hydrogen-bond donors (Lipinski definition) is 1. The van der Waals surface area contributed by atoms with Crippen LogP contribution < -0.4 is 14.3 Å². The first-order valence-corrected chi connectivity index (χ1v) is 8.88. The van der Waals surface area contributed by atoms with Crippen LogP contribution in [0, 0.1) is 13.8 Å². The van der Waals surface area contributed by atoms with Crippen molar-refractivity contribution in [2.45, 2.75) is 25.7 Å². The molecule has 0 bridgehead atoms. The summed E-state index contributed by atoms with van der Waals surface area (Å²) in [7, 11) is -3.72. The van der Waals surface area contributed by atoms with Gasteiger partial charge in [0.15, 0.2) is 11.5 Å². The number of aryl methyl sites for hydroxylation is 2. The largest absolute Gasteiger partial charge is 0.454 e. The van der Waals surface area contributed by atoms with E-state index in [4.69, 9.17) is 9.47 Å². The number of benzene rings is 2. The molecule has 0 radical (unpaired) electrons. The molecular formula is C17H18N2O4S. The van der Waals surface area contributed by atoms with Gasteiger partial charge in [-0.2, -0.15) is 18.4 Å². The van der Waals surface area contributed by atoms with Crippen LogP contribution in [0.4, 0.5) is 0 Å². The van der Waals surface area contributed by atoms with Crippen LogP contribution in [-0.2, 0) is 10.0 Å². The maximum Gasteiger partial charge on any atom is 0.276 e. The lowest BCUT2D eigenvalue weighted by atomic mass is 10.1. The van der Waals surface area contributed by atoms with E-state index in [-0.39, 0.29) is 11.7 Å². The van der Waals surface area contributed by atoms with E-state index >= 15 is 0 Å². The molecule has 126 valence electrons. The van der Waals surface area contributed by atoms with Crippen molar-refractivity contribution < 1.29 is 17.9 Å². The van der Waals surface area contributed by atoms with Gasteiger partial charge < -0.3 is 9.47 Å². The van der Waals surface area contributed by atoms with Gasteiger partial charge in [0, 0.05) is 5.56 Å². The van der Waals surface area contributed by atoms with Crippen LogP contribution in [-0.4, -0.2) is 20.9 Å². The highest BCUT2D eigenvalue weighted by atomic mass is 32.2. The first kappa shape index (κ1) is 16.3. The smallest absolute Gasteiger partial charge is 0.276 e. The monoisotopic (exact) mass is 346 g/mol. The molecule has 0 amide bonds. The molecule has 1 aliphatic heterocycles. The molecule has 1 N–H and O–H groups in total. The molecule has 24 heavy (non-hydrogen) atoms. The third-order valence-corrected chi connectivity index (χ3v) is 5.11. The summed E-state index contributed by atoms with van der Waals surface area (Å²) in [4.78, 5) is 2.51. The molecule has 0 aromatic heterocycles. The van der Waals surface area contributed by atoms with E-state index < -0.39 is 10.0 Å². The lowest BCUT2D eigenvalue weighted by Gasteiger charge is -2.09. The Morgan fingerprint density at radius 3 is 2.58 bits per heavy atom. The number of hydrazone groups is 1. The number of rotatable bonds is 4. The van der Waals surface area contributed by atoms with Gasteiger partial charge in [-0.15, -0.1) is 0 Å². The van der Waals surface area contributed by atoms with Crippen LogP contribution in [0.15, 0.2) is 46.4 Å². The first-order valence-electron chi connectivity index (χ1n) is 7.40. The zero-order valence-electron chi connectivity index (χ0n) is 13.7. The van der Waals surface area contributed by atoms with E-state index in [2.05, 4.69) is 9.93 Å². The highest BCUT2D eigenvalue weighted by Crippen LogP contribution is 2.32. The summed E-state index contributed by atoms with van der Waals surface area (Å²) in [6.45, 7) is 5.59. The van der Waals surface area contributed by atoms with Gasteiger partial charge in [-0.25, -0.2) is 0 Å². The van der Waals surface area contributed by atoms with E-state index in [1.165, 1.54) is 0 Å². The molecule has 0 atom stereocenters. The second kappa shape index (κ2) is 6.16. The normalized spacial score (nSPS) is 13.9. The zero-order valence-corrected chi connectivity index (χ0v) is 14.5. The van der Waals surface area contributed by atoms with Gasteiger partial charge in [0.25, 0.3) is 10.0 Å². The van der Waals surface area contributed by atoms with Crippen molar-refractivity contribution in [2.24, 2.45) is 5.10 Å². The Morgan fingerprint density at radius 1 is 1.08 bits per heavy atom. The Balaban J connectivity index is 1.83. The van der Waals surface area contributed by atoms with Crippen molar-refractivity contribution in [3.05, 3.63) is 53.1 Å². The number of hydrogen-bond acceptors (Lipinski definition) is 5. The van der Waals surface area contributed by atoms with E-state index in [0.29, 0.717) is 22.8 Å². The molecule has 0 unspecified atom stereocenters. The van der Waals surface area contributed by atoms with Crippen LogP contribution in [0.5, 0.6) is 11.5 Å². The van der Waals surface area contributed by atoms with Crippen LogP contribution in [0.2, 0.25) is 0 Å². The Labute approximate surface area is 141 Å². The quantitative estimate of drug-likeness (QED) is 0.682. The van der Waals surface area contributed by atoms with Crippen LogP contribution in [0.25, 0.3) is 0 Å². The number of ether oxygens (including phenoxy) is 2. The van der Waals surface area contributed by atoms with Crippen molar-refractivity contribution in [3.8, 4) is 11.5 Å². The lowest BCUT2D eigenvalue weighted by Crippen LogP contribution is -2.21. The highest BCUT2D eigenvalue weighted by Gasteiger charge is 2.17. The van der Waals surface area contributed by atoms with Crippen molar-refractivity contribution in [1.29, 1.82) is 0 Å². The fourth-order valence-electron chi connectivity index (χ4n) is 2.46. The molecule has 7 heteroatoms. The third kappa shape index (κ3) is 3.21. The lowest BCUT2D eigenvalue weighted by molar-refractivity contribution is 0.174. The number of fused-ring (bicyclic) bond motifs is 1. The predicted molar refractivity (Wildman–Crippen MR) is 91.0 cm³/mol. The average molecular weight is 346 g/mol. The number of nitrogens with one attached hydrogen (secondary N) is 1. The molecule has 6 nitrogen and oxygen atoms in total. The van der Waals surface area contributed by atoms with E-state index in [9.17, 15) is 8.42 Å². The molecule has 0 fully saturated rings. The van der Waals surface area contributed by atoms with Gasteiger partial charge >= 0.3 is 0 Å². The maximum absolute atomic E-state index is 12.4. The molecule has 1 aliphatic rings. The van der Waals surface area contributed by atoms with Crippen molar-refractivity contribution >= 4 is 15.7 Å². The minimum atomic E-state index is -3.72. The van der Waals surface area contributed by atoms with Gasteiger partial charge in [0.1, 0.15) is 0 Å². The molecule has 0 aliphatic carbocycles. The molecule has 3 rings (SSSR count). The van der Waals surface area contributed by atoms with Crippen LogP contribution in [0.1, 0.15) is 23.6 Å². The van der Waals surface area contributed by atoms with Gasteiger partial charge in [0.2, 0.25) is 6.79 Å². The highest BCUT2D eigenvalue weighted by molar-refractivity contribution is 7.89. The van der Waals surface area contributed by atoms with Crippen LogP contribution in [0.3, 0.4) is 0 Å². The Kier molecular flexibility index (Phi) is 4.19. The van der Waals surface area contributed by atoms with Crippen molar-refractivity contribution in [3.63, 3.8) is 0 Å². The fraction of sp³-hybridized carbons (Fsp3) is 0.235.